The molecule has 2 atom stereocenters. The van der Waals surface area contributed by atoms with E-state index in [0.29, 0.717) is 18.3 Å². The first-order valence-corrected chi connectivity index (χ1v) is 5.22. The summed E-state index contributed by atoms with van der Waals surface area (Å²) in [4.78, 5) is 9.75. The molecule has 3 N–H and O–H groups in total. The van der Waals surface area contributed by atoms with Crippen molar-refractivity contribution in [3.63, 3.8) is 0 Å². The van der Waals surface area contributed by atoms with Gasteiger partial charge in [0.05, 0.1) is 12.6 Å². The summed E-state index contributed by atoms with van der Waals surface area (Å²) in [6, 6.07) is 1.58. The van der Waals surface area contributed by atoms with Crippen LogP contribution in [-0.4, -0.2) is 39.9 Å². The molecule has 2 heterocycles. The average Bonchev–Trinajstić information content (AvgIpc) is 2.62. The zero-order valence-electron chi connectivity index (χ0n) is 9.10. The van der Waals surface area contributed by atoms with Gasteiger partial charge in [0.1, 0.15) is 5.82 Å². The standard InChI is InChI=1S/C10H15FN4O/c1-7(16)10(11)3-5-15(6-10)9-13-4-2-8(12)14-9/h2,4,7,16H,3,5-6H2,1H3,(H2,12,13,14). The molecule has 1 fully saturated rings. The van der Waals surface area contributed by atoms with Gasteiger partial charge in [0, 0.05) is 19.2 Å². The van der Waals surface area contributed by atoms with E-state index in [1.165, 1.54) is 13.1 Å². The SMILES string of the molecule is CC(O)C1(F)CCN(c2nccc(N)n2)C1. The molecule has 88 valence electrons. The van der Waals surface area contributed by atoms with E-state index in [-0.39, 0.29) is 13.0 Å². The predicted octanol–water partition coefficient (Wildman–Crippen LogP) is 0.358. The molecule has 16 heavy (non-hydrogen) atoms. The topological polar surface area (TPSA) is 75.3 Å². The number of hydrogen-bond acceptors (Lipinski definition) is 5. The van der Waals surface area contributed by atoms with Crippen LogP contribution in [0.3, 0.4) is 0 Å². The average molecular weight is 226 g/mol. The van der Waals surface area contributed by atoms with E-state index in [1.807, 2.05) is 0 Å². The molecular weight excluding hydrogens is 211 g/mol. The van der Waals surface area contributed by atoms with Crippen molar-refractivity contribution in [2.45, 2.75) is 25.1 Å². The van der Waals surface area contributed by atoms with Crippen LogP contribution in [0.25, 0.3) is 0 Å². The molecule has 0 spiro atoms. The maximum absolute atomic E-state index is 14.1. The van der Waals surface area contributed by atoms with Crippen LogP contribution in [0.1, 0.15) is 13.3 Å². The van der Waals surface area contributed by atoms with Gasteiger partial charge < -0.3 is 15.7 Å². The van der Waals surface area contributed by atoms with Crippen molar-refractivity contribution < 1.29 is 9.50 Å². The molecule has 0 saturated carbocycles. The van der Waals surface area contributed by atoms with Gasteiger partial charge in [0.15, 0.2) is 5.67 Å². The van der Waals surface area contributed by atoms with Gasteiger partial charge in [-0.3, -0.25) is 0 Å². The Morgan fingerprint density at radius 2 is 2.44 bits per heavy atom. The molecule has 5 nitrogen and oxygen atoms in total. The number of aromatic nitrogens is 2. The Hall–Kier alpha value is -1.43. The first-order chi connectivity index (χ1) is 7.51. The van der Waals surface area contributed by atoms with Crippen LogP contribution in [0.2, 0.25) is 0 Å². The third kappa shape index (κ3) is 1.92. The lowest BCUT2D eigenvalue weighted by atomic mass is 10.00. The summed E-state index contributed by atoms with van der Waals surface area (Å²) in [7, 11) is 0. The number of hydrogen-bond donors (Lipinski definition) is 2. The highest BCUT2D eigenvalue weighted by atomic mass is 19.1. The minimum Gasteiger partial charge on any atom is -0.390 e. The molecule has 0 aromatic carbocycles. The third-order valence-corrected chi connectivity index (χ3v) is 2.95. The van der Waals surface area contributed by atoms with Crippen LogP contribution < -0.4 is 10.6 Å². The summed E-state index contributed by atoms with van der Waals surface area (Å²) in [5, 5.41) is 9.36. The summed E-state index contributed by atoms with van der Waals surface area (Å²) >= 11 is 0. The molecule has 1 aliphatic heterocycles. The van der Waals surface area contributed by atoms with Crippen LogP contribution in [0.15, 0.2) is 12.3 Å². The predicted molar refractivity (Wildman–Crippen MR) is 58.8 cm³/mol. The van der Waals surface area contributed by atoms with Gasteiger partial charge in [0.25, 0.3) is 0 Å². The van der Waals surface area contributed by atoms with Crippen molar-refractivity contribution in [1.82, 2.24) is 9.97 Å². The number of halogens is 1. The van der Waals surface area contributed by atoms with E-state index in [4.69, 9.17) is 5.73 Å². The van der Waals surface area contributed by atoms with Crippen LogP contribution in [0.4, 0.5) is 16.2 Å². The lowest BCUT2D eigenvalue weighted by Gasteiger charge is -2.23. The van der Waals surface area contributed by atoms with Gasteiger partial charge in [0.2, 0.25) is 5.95 Å². The highest BCUT2D eigenvalue weighted by Crippen LogP contribution is 2.30. The highest BCUT2D eigenvalue weighted by molar-refractivity contribution is 5.39. The maximum Gasteiger partial charge on any atom is 0.227 e. The van der Waals surface area contributed by atoms with Crippen molar-refractivity contribution >= 4 is 11.8 Å². The van der Waals surface area contributed by atoms with E-state index in [0.717, 1.165) is 0 Å². The fraction of sp³-hybridized carbons (Fsp3) is 0.600. The third-order valence-electron chi connectivity index (χ3n) is 2.95. The quantitative estimate of drug-likeness (QED) is 0.761. The van der Waals surface area contributed by atoms with Gasteiger partial charge in [-0.2, -0.15) is 4.98 Å². The smallest absolute Gasteiger partial charge is 0.227 e. The fourth-order valence-corrected chi connectivity index (χ4v) is 1.82. The molecule has 1 saturated heterocycles. The second-order valence-corrected chi connectivity index (χ2v) is 4.16. The summed E-state index contributed by atoms with van der Waals surface area (Å²) in [6.07, 6.45) is 0.833. The molecule has 0 aliphatic carbocycles. The minimum absolute atomic E-state index is 0.105. The van der Waals surface area contributed by atoms with Gasteiger partial charge in [-0.1, -0.05) is 0 Å². The van der Waals surface area contributed by atoms with Crippen LogP contribution >= 0.6 is 0 Å². The molecule has 2 rings (SSSR count). The number of nitrogens with two attached hydrogens (primary N) is 1. The second-order valence-electron chi connectivity index (χ2n) is 4.16. The van der Waals surface area contributed by atoms with E-state index < -0.39 is 11.8 Å². The van der Waals surface area contributed by atoms with Crippen molar-refractivity contribution in [2.75, 3.05) is 23.7 Å². The summed E-state index contributed by atoms with van der Waals surface area (Å²) in [5.41, 5.74) is 3.96. The lowest BCUT2D eigenvalue weighted by molar-refractivity contribution is 0.0191. The number of rotatable bonds is 2. The number of aliphatic hydroxyl groups excluding tert-OH is 1. The van der Waals surface area contributed by atoms with E-state index in [9.17, 15) is 9.50 Å². The Kier molecular flexibility index (Phi) is 2.67. The summed E-state index contributed by atoms with van der Waals surface area (Å²) < 4.78 is 14.1. The molecule has 0 amide bonds. The van der Waals surface area contributed by atoms with Gasteiger partial charge >= 0.3 is 0 Å². The van der Waals surface area contributed by atoms with Crippen molar-refractivity contribution in [1.29, 1.82) is 0 Å². The number of nitrogens with zero attached hydrogens (tertiary/aromatic N) is 3. The molecule has 2 unspecified atom stereocenters. The van der Waals surface area contributed by atoms with Crippen molar-refractivity contribution in [2.24, 2.45) is 0 Å². The van der Waals surface area contributed by atoms with E-state index in [2.05, 4.69) is 9.97 Å². The Bertz CT molecular complexity index is 387. The normalized spacial score (nSPS) is 27.1. The zero-order valence-corrected chi connectivity index (χ0v) is 9.10. The van der Waals surface area contributed by atoms with Crippen LogP contribution in [0, 0.1) is 0 Å². The van der Waals surface area contributed by atoms with Crippen LogP contribution in [-0.2, 0) is 0 Å². The van der Waals surface area contributed by atoms with E-state index in [1.54, 1.807) is 11.0 Å². The number of nitrogen functional groups attached to an aromatic ring is 1. The first-order valence-electron chi connectivity index (χ1n) is 5.22. The van der Waals surface area contributed by atoms with Crippen molar-refractivity contribution in [3.8, 4) is 0 Å². The van der Waals surface area contributed by atoms with Gasteiger partial charge in [-0.15, -0.1) is 0 Å². The Morgan fingerprint density at radius 3 is 3.00 bits per heavy atom. The molecule has 0 bridgehead atoms. The Labute approximate surface area is 93.1 Å². The molecule has 0 radical (unpaired) electrons. The minimum atomic E-state index is -1.58. The van der Waals surface area contributed by atoms with Crippen LogP contribution in [0.5, 0.6) is 0 Å². The highest BCUT2D eigenvalue weighted by Gasteiger charge is 2.43. The monoisotopic (exact) mass is 226 g/mol. The molecular formula is C10H15FN4O. The van der Waals surface area contributed by atoms with Gasteiger partial charge in [-0.25, -0.2) is 9.37 Å². The Morgan fingerprint density at radius 1 is 1.69 bits per heavy atom. The molecule has 1 aliphatic rings. The molecule has 6 heteroatoms. The maximum atomic E-state index is 14.1. The molecule has 1 aromatic rings. The van der Waals surface area contributed by atoms with E-state index >= 15 is 0 Å². The number of alkyl halides is 1. The largest absolute Gasteiger partial charge is 0.390 e. The lowest BCUT2D eigenvalue weighted by Crippen LogP contribution is -2.39. The second kappa shape index (κ2) is 3.86. The summed E-state index contributed by atoms with van der Waals surface area (Å²) in [5.74, 6) is 0.776. The number of aliphatic hydroxyl groups is 1. The Balaban J connectivity index is 2.15. The summed E-state index contributed by atoms with van der Waals surface area (Å²) in [6.45, 7) is 2.06. The fourth-order valence-electron chi connectivity index (χ4n) is 1.82. The van der Waals surface area contributed by atoms with Gasteiger partial charge in [-0.05, 0) is 13.0 Å². The zero-order chi connectivity index (χ0) is 11.8. The number of anilines is 2. The molecule has 1 aromatic heterocycles. The first kappa shape index (κ1) is 11.1. The van der Waals surface area contributed by atoms with Crippen molar-refractivity contribution in [3.05, 3.63) is 12.3 Å².